The average Bonchev–Trinajstić information content (AvgIpc) is 2.74. The molecule has 0 radical (unpaired) electrons. The highest BCUT2D eigenvalue weighted by molar-refractivity contribution is 5.69. The monoisotopic (exact) mass is 265 g/mol. The van der Waals surface area contributed by atoms with Crippen LogP contribution in [0.4, 0.5) is 0 Å². The molecule has 0 bridgehead atoms. The standard InChI is InChI=1S/C14H23N3O2/c1-4-12-11-10-16(3)8-6-13(11)17(15-12)9-7-14(18)19-5-2/h4-10H2,1-3H3. The van der Waals surface area contributed by atoms with Crippen molar-refractivity contribution in [3.8, 4) is 0 Å². The highest BCUT2D eigenvalue weighted by Crippen LogP contribution is 2.22. The Kier molecular flexibility index (Phi) is 4.58. The lowest BCUT2D eigenvalue weighted by atomic mass is 10.0. The quantitative estimate of drug-likeness (QED) is 0.755. The van der Waals surface area contributed by atoms with Gasteiger partial charge < -0.3 is 9.64 Å². The van der Waals surface area contributed by atoms with Gasteiger partial charge in [0.2, 0.25) is 0 Å². The Hall–Kier alpha value is -1.36. The number of carbonyl (C=O) groups is 1. The Morgan fingerprint density at radius 3 is 2.89 bits per heavy atom. The van der Waals surface area contributed by atoms with Crippen molar-refractivity contribution in [2.24, 2.45) is 0 Å². The Bertz CT molecular complexity index is 454. The van der Waals surface area contributed by atoms with Gasteiger partial charge in [0, 0.05) is 30.8 Å². The van der Waals surface area contributed by atoms with Crippen LogP contribution in [-0.4, -0.2) is 40.8 Å². The number of rotatable bonds is 5. The third-order valence-corrected chi connectivity index (χ3v) is 3.58. The maximum Gasteiger partial charge on any atom is 0.307 e. The second-order valence-electron chi connectivity index (χ2n) is 4.99. The Labute approximate surface area is 114 Å². The fraction of sp³-hybridized carbons (Fsp3) is 0.714. The zero-order valence-corrected chi connectivity index (χ0v) is 12.1. The van der Waals surface area contributed by atoms with Gasteiger partial charge in [0.05, 0.1) is 25.3 Å². The molecular formula is C14H23N3O2. The smallest absolute Gasteiger partial charge is 0.307 e. The van der Waals surface area contributed by atoms with E-state index in [-0.39, 0.29) is 5.97 Å². The molecule has 0 aromatic carbocycles. The summed E-state index contributed by atoms with van der Waals surface area (Å²) in [5, 5.41) is 4.66. The first kappa shape index (κ1) is 14.1. The molecule has 1 aromatic heterocycles. The Morgan fingerprint density at radius 1 is 1.42 bits per heavy atom. The van der Waals surface area contributed by atoms with Crippen LogP contribution < -0.4 is 0 Å². The molecule has 0 amide bonds. The summed E-state index contributed by atoms with van der Waals surface area (Å²) in [4.78, 5) is 13.8. The number of nitrogens with zero attached hydrogens (tertiary/aromatic N) is 3. The van der Waals surface area contributed by atoms with Gasteiger partial charge in [-0.05, 0) is 20.4 Å². The minimum Gasteiger partial charge on any atom is -0.466 e. The van der Waals surface area contributed by atoms with Crippen LogP contribution in [-0.2, 0) is 35.5 Å². The molecule has 0 spiro atoms. The minimum absolute atomic E-state index is 0.141. The molecule has 1 aliphatic heterocycles. The first-order valence-corrected chi connectivity index (χ1v) is 7.07. The Balaban J connectivity index is 2.11. The number of aryl methyl sites for hydroxylation is 2. The molecule has 106 valence electrons. The summed E-state index contributed by atoms with van der Waals surface area (Å²) in [5.74, 6) is -0.141. The maximum atomic E-state index is 11.4. The summed E-state index contributed by atoms with van der Waals surface area (Å²) < 4.78 is 6.98. The molecule has 0 fully saturated rings. The third-order valence-electron chi connectivity index (χ3n) is 3.58. The normalized spacial score (nSPS) is 15.3. The van der Waals surface area contributed by atoms with Gasteiger partial charge in [-0.1, -0.05) is 6.92 Å². The first-order valence-electron chi connectivity index (χ1n) is 7.07. The molecule has 19 heavy (non-hydrogen) atoms. The lowest BCUT2D eigenvalue weighted by Gasteiger charge is -2.23. The van der Waals surface area contributed by atoms with Crippen molar-refractivity contribution in [3.63, 3.8) is 0 Å². The first-order chi connectivity index (χ1) is 9.15. The highest BCUT2D eigenvalue weighted by Gasteiger charge is 2.22. The van der Waals surface area contributed by atoms with Gasteiger partial charge in [0.15, 0.2) is 0 Å². The van der Waals surface area contributed by atoms with Crippen LogP contribution in [0.3, 0.4) is 0 Å². The summed E-state index contributed by atoms with van der Waals surface area (Å²) in [6, 6.07) is 0. The summed E-state index contributed by atoms with van der Waals surface area (Å²) in [7, 11) is 2.14. The molecule has 5 nitrogen and oxygen atoms in total. The molecule has 5 heteroatoms. The van der Waals surface area contributed by atoms with E-state index in [1.165, 1.54) is 17.0 Å². The van der Waals surface area contributed by atoms with Gasteiger partial charge in [0.25, 0.3) is 0 Å². The molecule has 0 saturated carbocycles. The van der Waals surface area contributed by atoms with E-state index in [1.54, 1.807) is 0 Å². The van der Waals surface area contributed by atoms with Crippen molar-refractivity contribution in [2.45, 2.75) is 46.2 Å². The molecule has 1 aliphatic rings. The van der Waals surface area contributed by atoms with E-state index in [0.717, 1.165) is 25.9 Å². The van der Waals surface area contributed by atoms with Gasteiger partial charge >= 0.3 is 5.97 Å². The fourth-order valence-corrected chi connectivity index (χ4v) is 2.60. The number of hydrogen-bond donors (Lipinski definition) is 0. The van der Waals surface area contributed by atoms with E-state index in [4.69, 9.17) is 4.74 Å². The van der Waals surface area contributed by atoms with Crippen LogP contribution >= 0.6 is 0 Å². The van der Waals surface area contributed by atoms with E-state index in [2.05, 4.69) is 24.0 Å². The van der Waals surface area contributed by atoms with Crippen molar-refractivity contribution in [3.05, 3.63) is 17.0 Å². The van der Waals surface area contributed by atoms with Crippen LogP contribution in [0.1, 0.15) is 37.2 Å². The second kappa shape index (κ2) is 6.19. The van der Waals surface area contributed by atoms with Gasteiger partial charge in [0.1, 0.15) is 0 Å². The lowest BCUT2D eigenvalue weighted by molar-refractivity contribution is -0.143. The highest BCUT2D eigenvalue weighted by atomic mass is 16.5. The van der Waals surface area contributed by atoms with Gasteiger partial charge in [-0.3, -0.25) is 9.48 Å². The molecule has 0 unspecified atom stereocenters. The molecule has 0 aliphatic carbocycles. The predicted molar refractivity (Wildman–Crippen MR) is 72.9 cm³/mol. The van der Waals surface area contributed by atoms with E-state index in [9.17, 15) is 4.79 Å². The van der Waals surface area contributed by atoms with Crippen molar-refractivity contribution < 1.29 is 9.53 Å². The van der Waals surface area contributed by atoms with E-state index in [1.807, 2.05) is 11.6 Å². The zero-order chi connectivity index (χ0) is 13.8. The van der Waals surface area contributed by atoms with Crippen molar-refractivity contribution in [1.29, 1.82) is 0 Å². The number of ether oxygens (including phenoxy) is 1. The summed E-state index contributed by atoms with van der Waals surface area (Å²) in [6.45, 7) is 7.07. The topological polar surface area (TPSA) is 47.4 Å². The summed E-state index contributed by atoms with van der Waals surface area (Å²) >= 11 is 0. The molecule has 2 rings (SSSR count). The lowest BCUT2D eigenvalue weighted by Crippen LogP contribution is -2.28. The molecular weight excluding hydrogens is 242 g/mol. The van der Waals surface area contributed by atoms with Gasteiger partial charge in [-0.15, -0.1) is 0 Å². The van der Waals surface area contributed by atoms with E-state index >= 15 is 0 Å². The average molecular weight is 265 g/mol. The number of carbonyl (C=O) groups excluding carboxylic acids is 1. The van der Waals surface area contributed by atoms with Crippen molar-refractivity contribution in [1.82, 2.24) is 14.7 Å². The SMILES string of the molecule is CCOC(=O)CCn1nc(CC)c2c1CCN(C)C2. The molecule has 0 saturated heterocycles. The maximum absolute atomic E-state index is 11.4. The largest absolute Gasteiger partial charge is 0.466 e. The molecule has 2 heterocycles. The zero-order valence-electron chi connectivity index (χ0n) is 12.1. The molecule has 0 N–H and O–H groups in total. The number of esters is 1. The Morgan fingerprint density at radius 2 is 2.21 bits per heavy atom. The minimum atomic E-state index is -0.141. The number of fused-ring (bicyclic) bond motifs is 1. The van der Waals surface area contributed by atoms with Crippen LogP contribution in [0.15, 0.2) is 0 Å². The number of hydrogen-bond acceptors (Lipinski definition) is 4. The second-order valence-corrected chi connectivity index (χ2v) is 4.99. The fourth-order valence-electron chi connectivity index (χ4n) is 2.60. The van der Waals surface area contributed by atoms with Crippen LogP contribution in [0, 0.1) is 0 Å². The predicted octanol–water partition coefficient (Wildman–Crippen LogP) is 1.39. The summed E-state index contributed by atoms with van der Waals surface area (Å²) in [6.07, 6.45) is 2.37. The molecule has 0 atom stereocenters. The summed E-state index contributed by atoms with van der Waals surface area (Å²) in [5.41, 5.74) is 3.84. The third kappa shape index (κ3) is 3.15. The van der Waals surface area contributed by atoms with E-state index in [0.29, 0.717) is 19.6 Å². The number of aromatic nitrogens is 2. The van der Waals surface area contributed by atoms with Crippen LogP contribution in [0.2, 0.25) is 0 Å². The van der Waals surface area contributed by atoms with E-state index < -0.39 is 0 Å². The van der Waals surface area contributed by atoms with Crippen molar-refractivity contribution in [2.75, 3.05) is 20.2 Å². The van der Waals surface area contributed by atoms with Crippen LogP contribution in [0.5, 0.6) is 0 Å². The van der Waals surface area contributed by atoms with Crippen molar-refractivity contribution >= 4 is 5.97 Å². The van der Waals surface area contributed by atoms with Gasteiger partial charge in [-0.2, -0.15) is 5.10 Å². The number of likely N-dealkylation sites (N-methyl/N-ethyl adjacent to an activating group) is 1. The molecule has 1 aromatic rings. The van der Waals surface area contributed by atoms with Gasteiger partial charge in [-0.25, -0.2) is 0 Å². The van der Waals surface area contributed by atoms with Crippen LogP contribution in [0.25, 0.3) is 0 Å².